The summed E-state index contributed by atoms with van der Waals surface area (Å²) in [5.41, 5.74) is 1.97. The normalized spacial score (nSPS) is 25.7. The van der Waals surface area contributed by atoms with Crippen molar-refractivity contribution >= 4 is 23.7 Å². The van der Waals surface area contributed by atoms with Crippen molar-refractivity contribution in [3.05, 3.63) is 21.9 Å². The molecule has 0 spiro atoms. The van der Waals surface area contributed by atoms with E-state index in [1.54, 1.807) is 10.4 Å². The highest BCUT2D eigenvalue weighted by Crippen LogP contribution is 2.34. The van der Waals surface area contributed by atoms with Crippen LogP contribution < -0.4 is 0 Å². The van der Waals surface area contributed by atoms with Crippen LogP contribution in [0.1, 0.15) is 23.8 Å². The van der Waals surface area contributed by atoms with Gasteiger partial charge in [0.25, 0.3) is 0 Å². The van der Waals surface area contributed by atoms with Crippen LogP contribution in [0.15, 0.2) is 11.4 Å². The topological polar surface area (TPSA) is 3.24 Å². The summed E-state index contributed by atoms with van der Waals surface area (Å²) in [6, 6.07) is 2.29. The maximum atomic E-state index is 2.37. The molecular formula is C11H18ClNS. The Morgan fingerprint density at radius 1 is 1.43 bits per heavy atom. The average molecular weight is 232 g/mol. The first-order valence-corrected chi connectivity index (χ1v) is 5.72. The Balaban J connectivity index is 0.000000980. The van der Waals surface area contributed by atoms with E-state index in [1.807, 2.05) is 11.3 Å². The molecule has 0 fully saturated rings. The van der Waals surface area contributed by atoms with E-state index in [2.05, 4.69) is 37.4 Å². The van der Waals surface area contributed by atoms with Crippen LogP contribution in [0.5, 0.6) is 0 Å². The second kappa shape index (κ2) is 4.21. The molecule has 0 aromatic carbocycles. The molecule has 2 rings (SSSR count). The molecule has 0 amide bonds. The second-order valence-corrected chi connectivity index (χ2v) is 5.44. The van der Waals surface area contributed by atoms with Crippen LogP contribution in [0.4, 0.5) is 0 Å². The first-order valence-electron chi connectivity index (χ1n) is 4.84. The summed E-state index contributed by atoms with van der Waals surface area (Å²) in [5.74, 6) is 0. The zero-order valence-electron chi connectivity index (χ0n) is 9.04. The monoisotopic (exact) mass is 231 g/mol. The standard InChI is InChI=1S/C11H17NS.ClH/c1-11(12(2)3)6-4-9-5-7-13-10(9)8-11;/h5,7H,4,6,8H2,1-3H3;1H. The van der Waals surface area contributed by atoms with E-state index >= 15 is 0 Å². The van der Waals surface area contributed by atoms with Crippen LogP contribution in [0.3, 0.4) is 0 Å². The number of thiophene rings is 1. The summed E-state index contributed by atoms with van der Waals surface area (Å²) in [7, 11) is 4.39. The third kappa shape index (κ3) is 1.97. The predicted octanol–water partition coefficient (Wildman–Crippen LogP) is 2.98. The molecule has 1 aliphatic rings. The van der Waals surface area contributed by atoms with E-state index in [9.17, 15) is 0 Å². The van der Waals surface area contributed by atoms with Gasteiger partial charge < -0.3 is 4.90 Å². The minimum absolute atomic E-state index is 0. The van der Waals surface area contributed by atoms with Crippen molar-refractivity contribution in [1.82, 2.24) is 4.90 Å². The number of likely N-dealkylation sites (N-methyl/N-ethyl adjacent to an activating group) is 1. The largest absolute Gasteiger partial charge is 0.304 e. The van der Waals surface area contributed by atoms with Gasteiger partial charge in [-0.3, -0.25) is 0 Å². The van der Waals surface area contributed by atoms with Gasteiger partial charge in [-0.05, 0) is 50.9 Å². The minimum Gasteiger partial charge on any atom is -0.304 e. The van der Waals surface area contributed by atoms with Gasteiger partial charge >= 0.3 is 0 Å². The zero-order valence-corrected chi connectivity index (χ0v) is 10.7. The van der Waals surface area contributed by atoms with Gasteiger partial charge in [-0.2, -0.15) is 0 Å². The Bertz CT molecular complexity index is 308. The van der Waals surface area contributed by atoms with E-state index in [4.69, 9.17) is 0 Å². The third-order valence-electron chi connectivity index (χ3n) is 3.39. The van der Waals surface area contributed by atoms with Crippen LogP contribution in [-0.4, -0.2) is 24.5 Å². The molecule has 0 radical (unpaired) electrons. The molecule has 1 aliphatic carbocycles. The maximum Gasteiger partial charge on any atom is 0.0226 e. The molecule has 80 valence electrons. The lowest BCUT2D eigenvalue weighted by Gasteiger charge is -2.39. The fourth-order valence-electron chi connectivity index (χ4n) is 1.96. The summed E-state index contributed by atoms with van der Waals surface area (Å²) >= 11 is 1.92. The molecule has 0 aliphatic heterocycles. The Morgan fingerprint density at radius 3 is 2.79 bits per heavy atom. The van der Waals surface area contributed by atoms with Gasteiger partial charge in [-0.15, -0.1) is 23.7 Å². The number of nitrogens with zero attached hydrogens (tertiary/aromatic N) is 1. The van der Waals surface area contributed by atoms with E-state index in [0.29, 0.717) is 5.54 Å². The summed E-state index contributed by atoms with van der Waals surface area (Å²) in [6.45, 7) is 2.37. The van der Waals surface area contributed by atoms with E-state index in [0.717, 1.165) is 0 Å². The van der Waals surface area contributed by atoms with Crippen LogP contribution in [0.25, 0.3) is 0 Å². The molecule has 1 nitrogen and oxygen atoms in total. The van der Waals surface area contributed by atoms with E-state index < -0.39 is 0 Å². The van der Waals surface area contributed by atoms with Gasteiger partial charge in [0.05, 0.1) is 0 Å². The molecule has 1 unspecified atom stereocenters. The number of aryl methyl sites for hydroxylation is 1. The highest BCUT2D eigenvalue weighted by Gasteiger charge is 2.32. The molecule has 14 heavy (non-hydrogen) atoms. The van der Waals surface area contributed by atoms with Crippen molar-refractivity contribution in [3.63, 3.8) is 0 Å². The molecule has 1 heterocycles. The first-order chi connectivity index (χ1) is 6.12. The van der Waals surface area contributed by atoms with Crippen LogP contribution in [0.2, 0.25) is 0 Å². The third-order valence-corrected chi connectivity index (χ3v) is 4.35. The molecule has 0 N–H and O–H groups in total. The van der Waals surface area contributed by atoms with Crippen LogP contribution in [0, 0.1) is 0 Å². The van der Waals surface area contributed by atoms with Gasteiger partial charge in [0.2, 0.25) is 0 Å². The van der Waals surface area contributed by atoms with Gasteiger partial charge in [-0.1, -0.05) is 0 Å². The molecular weight excluding hydrogens is 214 g/mol. The molecule has 1 aromatic rings. The number of hydrogen-bond donors (Lipinski definition) is 0. The molecule has 0 saturated heterocycles. The van der Waals surface area contributed by atoms with Gasteiger partial charge in [0, 0.05) is 16.8 Å². The highest BCUT2D eigenvalue weighted by molar-refractivity contribution is 7.10. The van der Waals surface area contributed by atoms with E-state index in [-0.39, 0.29) is 12.4 Å². The van der Waals surface area contributed by atoms with Crippen molar-refractivity contribution < 1.29 is 0 Å². The van der Waals surface area contributed by atoms with Crippen molar-refractivity contribution in [2.45, 2.75) is 31.7 Å². The quantitative estimate of drug-likeness (QED) is 0.719. The summed E-state index contributed by atoms with van der Waals surface area (Å²) in [4.78, 5) is 3.97. The van der Waals surface area contributed by atoms with E-state index in [1.165, 1.54) is 19.3 Å². The maximum absolute atomic E-state index is 2.37. The van der Waals surface area contributed by atoms with Gasteiger partial charge in [0.1, 0.15) is 0 Å². The van der Waals surface area contributed by atoms with Crippen molar-refractivity contribution in [1.29, 1.82) is 0 Å². The number of fused-ring (bicyclic) bond motifs is 1. The van der Waals surface area contributed by atoms with Gasteiger partial charge in [-0.25, -0.2) is 0 Å². The average Bonchev–Trinajstić information content (AvgIpc) is 2.50. The summed E-state index contributed by atoms with van der Waals surface area (Å²) in [6.07, 6.45) is 3.78. The first kappa shape index (κ1) is 12.0. The number of halogens is 1. The predicted molar refractivity (Wildman–Crippen MR) is 65.7 cm³/mol. The second-order valence-electron chi connectivity index (χ2n) is 4.44. The molecule has 0 bridgehead atoms. The fraction of sp³-hybridized carbons (Fsp3) is 0.636. The highest BCUT2D eigenvalue weighted by atomic mass is 35.5. The van der Waals surface area contributed by atoms with Crippen molar-refractivity contribution in [2.75, 3.05) is 14.1 Å². The smallest absolute Gasteiger partial charge is 0.0226 e. The molecule has 1 aromatic heterocycles. The Labute approximate surface area is 96.5 Å². The van der Waals surface area contributed by atoms with Crippen LogP contribution in [-0.2, 0) is 12.8 Å². The number of rotatable bonds is 1. The SMILES string of the molecule is CN(C)C1(C)CCc2ccsc2C1.Cl. The minimum atomic E-state index is 0. The molecule has 0 saturated carbocycles. The number of hydrogen-bond acceptors (Lipinski definition) is 2. The summed E-state index contributed by atoms with van der Waals surface area (Å²) < 4.78 is 0. The molecule has 1 atom stereocenters. The zero-order chi connectivity index (χ0) is 9.47. The lowest BCUT2D eigenvalue weighted by Crippen LogP contribution is -2.45. The van der Waals surface area contributed by atoms with Gasteiger partial charge in [0.15, 0.2) is 0 Å². The Kier molecular flexibility index (Phi) is 3.62. The van der Waals surface area contributed by atoms with Crippen molar-refractivity contribution in [2.24, 2.45) is 0 Å². The Hall–Kier alpha value is -0.0500. The van der Waals surface area contributed by atoms with Crippen molar-refractivity contribution in [3.8, 4) is 0 Å². The van der Waals surface area contributed by atoms with Crippen LogP contribution >= 0.6 is 23.7 Å². The molecule has 3 heteroatoms. The summed E-state index contributed by atoms with van der Waals surface area (Å²) in [5, 5.41) is 2.23. The lowest BCUT2D eigenvalue weighted by molar-refractivity contribution is 0.154. The Morgan fingerprint density at radius 2 is 2.14 bits per heavy atom. The lowest BCUT2D eigenvalue weighted by atomic mass is 9.82. The fourth-order valence-corrected chi connectivity index (χ4v) is 3.08.